The van der Waals surface area contributed by atoms with E-state index in [1.807, 2.05) is 30.5 Å². The molecule has 0 aromatic heterocycles. The van der Waals surface area contributed by atoms with Crippen LogP contribution < -0.4 is 0 Å². The maximum atomic E-state index is 6.11. The predicted molar refractivity (Wildman–Crippen MR) is 83.7 cm³/mol. The molecular weight excluding hydrogens is 330 g/mol. The quantitative estimate of drug-likeness (QED) is 0.550. The first-order chi connectivity index (χ1) is 8.52. The molecule has 0 aliphatic rings. The van der Waals surface area contributed by atoms with Crippen LogP contribution >= 0.6 is 58.2 Å². The third-order valence-electron chi connectivity index (χ3n) is 2.47. The predicted octanol–water partition coefficient (Wildman–Crippen LogP) is 6.69. The average molecular weight is 338 g/mol. The highest BCUT2D eigenvalue weighted by molar-refractivity contribution is 7.98. The largest absolute Gasteiger partial charge is 0.128 e. The van der Waals surface area contributed by atoms with Crippen molar-refractivity contribution in [3.8, 4) is 11.1 Å². The van der Waals surface area contributed by atoms with Crippen LogP contribution in [0.5, 0.6) is 0 Å². The first-order valence-electron chi connectivity index (χ1n) is 5.01. The van der Waals surface area contributed by atoms with Crippen molar-refractivity contribution in [2.75, 3.05) is 6.26 Å². The molecule has 0 aliphatic heterocycles. The molecule has 0 nitrogen and oxygen atoms in total. The number of halogens is 4. The zero-order chi connectivity index (χ0) is 13.3. The molecule has 94 valence electrons. The Labute approximate surface area is 130 Å². The van der Waals surface area contributed by atoms with Crippen molar-refractivity contribution in [2.45, 2.75) is 4.90 Å². The van der Waals surface area contributed by atoms with E-state index in [9.17, 15) is 0 Å². The summed E-state index contributed by atoms with van der Waals surface area (Å²) >= 11 is 25.7. The van der Waals surface area contributed by atoms with E-state index in [1.54, 1.807) is 17.8 Å². The number of rotatable bonds is 2. The van der Waals surface area contributed by atoms with Gasteiger partial charge in [0, 0.05) is 4.90 Å². The number of hydrogen-bond acceptors (Lipinski definition) is 1. The van der Waals surface area contributed by atoms with E-state index >= 15 is 0 Å². The molecule has 0 radical (unpaired) electrons. The van der Waals surface area contributed by atoms with E-state index in [1.165, 1.54) is 0 Å². The zero-order valence-corrected chi connectivity index (χ0v) is 13.1. The van der Waals surface area contributed by atoms with E-state index in [0.29, 0.717) is 20.1 Å². The zero-order valence-electron chi connectivity index (χ0n) is 9.31. The lowest BCUT2D eigenvalue weighted by molar-refractivity contribution is 1.46. The van der Waals surface area contributed by atoms with Gasteiger partial charge in [-0.1, -0.05) is 52.5 Å². The minimum Gasteiger partial charge on any atom is -0.128 e. The Morgan fingerprint density at radius 3 is 2.06 bits per heavy atom. The van der Waals surface area contributed by atoms with E-state index in [0.717, 1.165) is 16.0 Å². The lowest BCUT2D eigenvalue weighted by Gasteiger charge is -2.09. The van der Waals surface area contributed by atoms with Crippen LogP contribution in [0.3, 0.4) is 0 Å². The van der Waals surface area contributed by atoms with Crippen LogP contribution in [0.15, 0.2) is 35.2 Å². The van der Waals surface area contributed by atoms with Crippen molar-refractivity contribution < 1.29 is 0 Å². The summed E-state index contributed by atoms with van der Waals surface area (Å²) in [4.78, 5) is 0.935. The van der Waals surface area contributed by atoms with Crippen molar-refractivity contribution >= 4 is 58.2 Å². The topological polar surface area (TPSA) is 0 Å². The SMILES string of the molecule is CSc1cc(-c2ccc(Cl)c(Cl)c2)cc(Cl)c1Cl. The molecule has 0 atom stereocenters. The first-order valence-corrected chi connectivity index (χ1v) is 7.75. The van der Waals surface area contributed by atoms with Gasteiger partial charge >= 0.3 is 0 Å². The fourth-order valence-electron chi connectivity index (χ4n) is 1.55. The molecular formula is C13H8Cl4S. The Morgan fingerprint density at radius 1 is 0.778 bits per heavy atom. The summed E-state index contributed by atoms with van der Waals surface area (Å²) in [6.07, 6.45) is 1.95. The summed E-state index contributed by atoms with van der Waals surface area (Å²) in [5.74, 6) is 0. The molecule has 0 spiro atoms. The normalized spacial score (nSPS) is 10.7. The van der Waals surface area contributed by atoms with E-state index in [2.05, 4.69) is 0 Å². The van der Waals surface area contributed by atoms with Crippen LogP contribution in [-0.2, 0) is 0 Å². The summed E-state index contributed by atoms with van der Waals surface area (Å²) in [5.41, 5.74) is 1.92. The smallest absolute Gasteiger partial charge is 0.0728 e. The molecule has 0 N–H and O–H groups in total. The third-order valence-corrected chi connectivity index (χ3v) is 4.88. The van der Waals surface area contributed by atoms with Gasteiger partial charge in [0.1, 0.15) is 0 Å². The van der Waals surface area contributed by atoms with Gasteiger partial charge in [-0.15, -0.1) is 11.8 Å². The average Bonchev–Trinajstić information content (AvgIpc) is 2.36. The molecule has 2 aromatic rings. The van der Waals surface area contributed by atoms with Gasteiger partial charge in [0.15, 0.2) is 0 Å². The van der Waals surface area contributed by atoms with Gasteiger partial charge in [-0.2, -0.15) is 0 Å². The molecule has 5 heteroatoms. The summed E-state index contributed by atoms with van der Waals surface area (Å²) in [5, 5.41) is 2.16. The molecule has 2 aromatic carbocycles. The third kappa shape index (κ3) is 2.92. The molecule has 0 heterocycles. The van der Waals surface area contributed by atoms with Crippen LogP contribution in [0.25, 0.3) is 11.1 Å². The summed E-state index contributed by atoms with van der Waals surface area (Å²) in [6.45, 7) is 0. The minimum atomic E-state index is 0.519. The van der Waals surface area contributed by atoms with Crippen molar-refractivity contribution in [2.24, 2.45) is 0 Å². The summed E-state index contributed by atoms with van der Waals surface area (Å²) in [6, 6.07) is 9.29. The molecule has 18 heavy (non-hydrogen) atoms. The van der Waals surface area contributed by atoms with Crippen molar-refractivity contribution in [1.29, 1.82) is 0 Å². The Morgan fingerprint density at radius 2 is 1.44 bits per heavy atom. The lowest BCUT2D eigenvalue weighted by atomic mass is 10.1. The monoisotopic (exact) mass is 336 g/mol. The van der Waals surface area contributed by atoms with Gasteiger partial charge in [0.25, 0.3) is 0 Å². The van der Waals surface area contributed by atoms with Crippen LogP contribution in [0.4, 0.5) is 0 Å². The lowest BCUT2D eigenvalue weighted by Crippen LogP contribution is -1.83. The fourth-order valence-corrected chi connectivity index (χ4v) is 3.00. The second-order valence-electron chi connectivity index (χ2n) is 3.60. The van der Waals surface area contributed by atoms with Crippen LogP contribution in [0, 0.1) is 0 Å². The van der Waals surface area contributed by atoms with Crippen molar-refractivity contribution in [3.63, 3.8) is 0 Å². The van der Waals surface area contributed by atoms with Gasteiger partial charge in [-0.05, 0) is 41.6 Å². The van der Waals surface area contributed by atoms with Crippen LogP contribution in [-0.4, -0.2) is 6.26 Å². The van der Waals surface area contributed by atoms with E-state index in [4.69, 9.17) is 46.4 Å². The van der Waals surface area contributed by atoms with Crippen LogP contribution in [0.1, 0.15) is 0 Å². The highest BCUT2D eigenvalue weighted by Crippen LogP contribution is 2.37. The van der Waals surface area contributed by atoms with Crippen molar-refractivity contribution in [1.82, 2.24) is 0 Å². The summed E-state index contributed by atoms with van der Waals surface area (Å²) in [7, 11) is 0. The first kappa shape index (κ1) is 14.4. The molecule has 0 saturated carbocycles. The molecule has 2 rings (SSSR count). The van der Waals surface area contributed by atoms with Gasteiger partial charge in [0.05, 0.1) is 20.1 Å². The maximum absolute atomic E-state index is 6.11. The Balaban J connectivity index is 2.57. The Bertz CT molecular complexity index is 596. The Hall–Kier alpha value is -0.0500. The number of thioether (sulfide) groups is 1. The molecule has 0 amide bonds. The highest BCUT2D eigenvalue weighted by Gasteiger charge is 2.09. The fraction of sp³-hybridized carbons (Fsp3) is 0.0769. The van der Waals surface area contributed by atoms with Gasteiger partial charge in [-0.3, -0.25) is 0 Å². The second kappa shape index (κ2) is 5.94. The Kier molecular flexibility index (Phi) is 4.74. The van der Waals surface area contributed by atoms with Crippen LogP contribution in [0.2, 0.25) is 20.1 Å². The highest BCUT2D eigenvalue weighted by atomic mass is 35.5. The van der Waals surface area contributed by atoms with Gasteiger partial charge in [0.2, 0.25) is 0 Å². The summed E-state index contributed by atoms with van der Waals surface area (Å²) < 4.78 is 0. The van der Waals surface area contributed by atoms with Gasteiger partial charge < -0.3 is 0 Å². The maximum Gasteiger partial charge on any atom is 0.0728 e. The molecule has 0 fully saturated rings. The van der Waals surface area contributed by atoms with Crippen molar-refractivity contribution in [3.05, 3.63) is 50.4 Å². The molecule has 0 saturated heterocycles. The minimum absolute atomic E-state index is 0.519. The molecule has 0 bridgehead atoms. The van der Waals surface area contributed by atoms with Gasteiger partial charge in [-0.25, -0.2) is 0 Å². The molecule has 0 aliphatic carbocycles. The second-order valence-corrected chi connectivity index (χ2v) is 6.05. The molecule has 0 unspecified atom stereocenters. The number of hydrogen-bond donors (Lipinski definition) is 0. The van der Waals surface area contributed by atoms with E-state index in [-0.39, 0.29) is 0 Å². The number of benzene rings is 2. The standard InChI is InChI=1S/C13H8Cl4S/c1-18-12-6-8(5-11(16)13(12)17)7-2-3-9(14)10(15)4-7/h2-6H,1H3. The van der Waals surface area contributed by atoms with E-state index < -0.39 is 0 Å².